The van der Waals surface area contributed by atoms with Gasteiger partial charge in [0.2, 0.25) is 0 Å². The molecular weight excluding hydrogens is 434 g/mol. The zero-order valence-corrected chi connectivity index (χ0v) is 19.1. The Morgan fingerprint density at radius 2 is 1.82 bits per heavy atom. The Morgan fingerprint density at radius 1 is 1.03 bits per heavy atom. The van der Waals surface area contributed by atoms with Crippen LogP contribution in [0.5, 0.6) is 5.75 Å². The van der Waals surface area contributed by atoms with E-state index in [0.29, 0.717) is 15.8 Å². The highest BCUT2D eigenvalue weighted by Gasteiger charge is 2.23. The predicted octanol–water partition coefficient (Wildman–Crippen LogP) is 5.21. The SMILES string of the molecule is Cc1ccc(N=C2NC(=O)C(=Cc3cccc(OCC(=O)Nc4cccc(C)c4)c3)S2)cc1. The second-order valence-corrected chi connectivity index (χ2v) is 8.63. The summed E-state index contributed by atoms with van der Waals surface area (Å²) >= 11 is 1.28. The number of rotatable bonds is 6. The fourth-order valence-corrected chi connectivity index (χ4v) is 3.97. The first-order valence-corrected chi connectivity index (χ1v) is 11.2. The molecule has 0 aliphatic carbocycles. The number of carbonyl (C=O) groups excluding carboxylic acids is 2. The molecular formula is C26H23N3O3S. The Kier molecular flexibility index (Phi) is 6.90. The number of ether oxygens (including phenoxy) is 1. The lowest BCUT2D eigenvalue weighted by Gasteiger charge is -2.08. The fourth-order valence-electron chi connectivity index (χ4n) is 3.13. The van der Waals surface area contributed by atoms with Crippen molar-refractivity contribution < 1.29 is 14.3 Å². The minimum atomic E-state index is -0.243. The number of aryl methyl sites for hydroxylation is 2. The molecule has 33 heavy (non-hydrogen) atoms. The van der Waals surface area contributed by atoms with Gasteiger partial charge in [0.15, 0.2) is 11.8 Å². The van der Waals surface area contributed by atoms with E-state index in [1.807, 2.05) is 74.5 Å². The van der Waals surface area contributed by atoms with E-state index in [1.165, 1.54) is 11.8 Å². The summed E-state index contributed by atoms with van der Waals surface area (Å²) in [7, 11) is 0. The van der Waals surface area contributed by atoms with Crippen molar-refractivity contribution in [2.45, 2.75) is 13.8 Å². The number of nitrogens with zero attached hydrogens (tertiary/aromatic N) is 1. The number of thioether (sulfide) groups is 1. The summed E-state index contributed by atoms with van der Waals surface area (Å²) in [5, 5.41) is 6.14. The highest BCUT2D eigenvalue weighted by atomic mass is 32.2. The van der Waals surface area contributed by atoms with E-state index >= 15 is 0 Å². The molecule has 1 heterocycles. The summed E-state index contributed by atoms with van der Waals surface area (Å²) in [6.45, 7) is 3.86. The van der Waals surface area contributed by atoms with E-state index in [-0.39, 0.29) is 18.4 Å². The highest BCUT2D eigenvalue weighted by molar-refractivity contribution is 8.18. The molecule has 4 rings (SSSR count). The van der Waals surface area contributed by atoms with E-state index in [9.17, 15) is 9.59 Å². The minimum absolute atomic E-state index is 0.115. The van der Waals surface area contributed by atoms with Crippen LogP contribution in [-0.4, -0.2) is 23.6 Å². The number of amides is 2. The molecule has 0 bridgehead atoms. The van der Waals surface area contributed by atoms with Gasteiger partial charge in [-0.25, -0.2) is 4.99 Å². The molecule has 1 saturated heterocycles. The van der Waals surface area contributed by atoms with Crippen molar-refractivity contribution in [3.8, 4) is 5.75 Å². The number of carbonyl (C=O) groups is 2. The smallest absolute Gasteiger partial charge is 0.264 e. The Bertz CT molecular complexity index is 1250. The average molecular weight is 458 g/mol. The van der Waals surface area contributed by atoms with Crippen LogP contribution in [0.4, 0.5) is 11.4 Å². The number of aliphatic imine (C=N–C) groups is 1. The maximum absolute atomic E-state index is 12.4. The lowest BCUT2D eigenvalue weighted by molar-refractivity contribution is -0.118. The van der Waals surface area contributed by atoms with Gasteiger partial charge in [0.05, 0.1) is 10.6 Å². The van der Waals surface area contributed by atoms with Crippen molar-refractivity contribution in [3.05, 3.63) is 94.4 Å². The van der Waals surface area contributed by atoms with Crippen LogP contribution in [0.25, 0.3) is 6.08 Å². The Hall–Kier alpha value is -3.84. The molecule has 3 aromatic rings. The average Bonchev–Trinajstić information content (AvgIpc) is 3.12. The molecule has 0 atom stereocenters. The first-order chi connectivity index (χ1) is 15.9. The van der Waals surface area contributed by atoms with Crippen molar-refractivity contribution in [3.63, 3.8) is 0 Å². The first kappa shape index (κ1) is 22.4. The summed E-state index contributed by atoms with van der Waals surface area (Å²) in [6, 6.07) is 22.6. The molecule has 6 nitrogen and oxygen atoms in total. The molecule has 0 spiro atoms. The van der Waals surface area contributed by atoms with E-state index < -0.39 is 0 Å². The summed E-state index contributed by atoms with van der Waals surface area (Å²) in [5.41, 5.74) is 4.52. The molecule has 0 aromatic heterocycles. The Balaban J connectivity index is 1.38. The fraction of sp³-hybridized carbons (Fsp3) is 0.115. The van der Waals surface area contributed by atoms with Crippen molar-refractivity contribution >= 4 is 46.2 Å². The molecule has 2 amide bonds. The molecule has 0 saturated carbocycles. The molecule has 1 aliphatic rings. The van der Waals surface area contributed by atoms with Gasteiger partial charge in [-0.3, -0.25) is 9.59 Å². The van der Waals surface area contributed by atoms with E-state index in [0.717, 1.165) is 28.1 Å². The lowest BCUT2D eigenvalue weighted by atomic mass is 10.2. The minimum Gasteiger partial charge on any atom is -0.484 e. The lowest BCUT2D eigenvalue weighted by Crippen LogP contribution is -2.20. The number of benzene rings is 3. The van der Waals surface area contributed by atoms with Crippen LogP contribution in [0.15, 0.2) is 82.7 Å². The monoisotopic (exact) mass is 457 g/mol. The maximum atomic E-state index is 12.4. The Morgan fingerprint density at radius 3 is 2.61 bits per heavy atom. The summed E-state index contributed by atoms with van der Waals surface area (Å²) < 4.78 is 5.64. The van der Waals surface area contributed by atoms with Crippen LogP contribution in [0.2, 0.25) is 0 Å². The van der Waals surface area contributed by atoms with Crippen molar-refractivity contribution in [1.82, 2.24) is 5.32 Å². The van der Waals surface area contributed by atoms with Crippen molar-refractivity contribution in [2.24, 2.45) is 4.99 Å². The van der Waals surface area contributed by atoms with E-state index in [2.05, 4.69) is 15.6 Å². The van der Waals surface area contributed by atoms with Gasteiger partial charge in [-0.2, -0.15) is 0 Å². The molecule has 7 heteroatoms. The third kappa shape index (κ3) is 6.33. The second kappa shape index (κ2) is 10.2. The van der Waals surface area contributed by atoms with Gasteiger partial charge in [0, 0.05) is 5.69 Å². The van der Waals surface area contributed by atoms with Crippen molar-refractivity contribution in [2.75, 3.05) is 11.9 Å². The zero-order valence-electron chi connectivity index (χ0n) is 18.3. The molecule has 3 aromatic carbocycles. The second-order valence-electron chi connectivity index (χ2n) is 7.60. The Labute approximate surface area is 196 Å². The number of anilines is 1. The highest BCUT2D eigenvalue weighted by Crippen LogP contribution is 2.29. The topological polar surface area (TPSA) is 79.8 Å². The predicted molar refractivity (Wildman–Crippen MR) is 134 cm³/mol. The standard InChI is InChI=1S/C26H23N3O3S/c1-17-9-11-20(12-10-17)28-26-29-25(31)23(33-26)15-19-6-4-8-22(14-19)32-16-24(30)27-21-7-3-5-18(2)13-21/h3-15H,16H2,1-2H3,(H,27,30)(H,28,29,31). The molecule has 1 fully saturated rings. The van der Waals surface area contributed by atoms with Gasteiger partial charge >= 0.3 is 0 Å². The third-order valence-electron chi connectivity index (χ3n) is 4.74. The number of hydrogen-bond donors (Lipinski definition) is 2. The summed E-state index contributed by atoms with van der Waals surface area (Å²) in [6.07, 6.45) is 1.78. The number of amidine groups is 1. The third-order valence-corrected chi connectivity index (χ3v) is 5.65. The van der Waals surface area contributed by atoms with E-state index in [1.54, 1.807) is 18.2 Å². The van der Waals surface area contributed by atoms with Gasteiger partial charge in [-0.15, -0.1) is 0 Å². The number of nitrogens with one attached hydrogen (secondary N) is 2. The van der Waals surface area contributed by atoms with Crippen LogP contribution in [0.3, 0.4) is 0 Å². The molecule has 0 unspecified atom stereocenters. The van der Waals surface area contributed by atoms with Crippen LogP contribution >= 0.6 is 11.8 Å². The maximum Gasteiger partial charge on any atom is 0.264 e. The van der Waals surface area contributed by atoms with Gasteiger partial charge in [0.1, 0.15) is 5.75 Å². The first-order valence-electron chi connectivity index (χ1n) is 10.4. The summed E-state index contributed by atoms with van der Waals surface area (Å²) in [5.74, 6) is 0.0995. The quantitative estimate of drug-likeness (QED) is 0.498. The number of hydrogen-bond acceptors (Lipinski definition) is 5. The molecule has 0 radical (unpaired) electrons. The summed E-state index contributed by atoms with van der Waals surface area (Å²) in [4.78, 5) is 29.6. The van der Waals surface area contributed by atoms with E-state index in [4.69, 9.17) is 4.74 Å². The van der Waals surface area contributed by atoms with Gasteiger partial charge in [-0.05, 0) is 79.2 Å². The largest absolute Gasteiger partial charge is 0.484 e. The molecule has 2 N–H and O–H groups in total. The van der Waals surface area contributed by atoms with Crippen molar-refractivity contribution in [1.29, 1.82) is 0 Å². The van der Waals surface area contributed by atoms with Gasteiger partial charge in [-0.1, -0.05) is 42.0 Å². The van der Waals surface area contributed by atoms with Crippen LogP contribution in [-0.2, 0) is 9.59 Å². The van der Waals surface area contributed by atoms with Crippen LogP contribution in [0, 0.1) is 13.8 Å². The van der Waals surface area contributed by atoms with Gasteiger partial charge < -0.3 is 15.4 Å². The van der Waals surface area contributed by atoms with Crippen LogP contribution < -0.4 is 15.4 Å². The van der Waals surface area contributed by atoms with Crippen LogP contribution in [0.1, 0.15) is 16.7 Å². The van der Waals surface area contributed by atoms with Gasteiger partial charge in [0.25, 0.3) is 11.8 Å². The molecule has 1 aliphatic heterocycles. The normalized spacial score (nSPS) is 15.5. The molecule has 166 valence electrons. The zero-order chi connectivity index (χ0) is 23.2.